The van der Waals surface area contributed by atoms with Gasteiger partial charge in [0.15, 0.2) is 5.65 Å². The van der Waals surface area contributed by atoms with Crippen LogP contribution in [0.1, 0.15) is 18.3 Å². The van der Waals surface area contributed by atoms with Crippen LogP contribution < -0.4 is 10.2 Å². The molecule has 0 bridgehead atoms. The number of aromatic nitrogens is 4. The average molecular weight is 426 g/mol. The third-order valence-corrected chi connectivity index (χ3v) is 6.02. The Morgan fingerprint density at radius 2 is 1.81 bits per heavy atom. The summed E-state index contributed by atoms with van der Waals surface area (Å²) < 4.78 is 34.4. The van der Waals surface area contributed by atoms with E-state index in [1.807, 2.05) is 20.8 Å². The number of morpholine rings is 1. The fourth-order valence-electron chi connectivity index (χ4n) is 4.10. The van der Waals surface area contributed by atoms with E-state index in [1.165, 1.54) is 12.1 Å². The molecule has 0 saturated carbocycles. The molecule has 162 valence electrons. The fraction of sp³-hybridized carbons (Fsp3) is 0.455. The maximum Gasteiger partial charge on any atom is 0.228 e. The number of anilines is 1. The highest BCUT2D eigenvalue weighted by Crippen LogP contribution is 2.31. The van der Waals surface area contributed by atoms with Crippen molar-refractivity contribution in [3.8, 4) is 11.3 Å². The Labute approximate surface area is 178 Å². The molecule has 2 aliphatic rings. The molecule has 2 aromatic heterocycles. The molecular formula is C22H24F2N6O. The van der Waals surface area contributed by atoms with Crippen molar-refractivity contribution in [3.63, 3.8) is 0 Å². The number of ether oxygens (including phenoxy) is 1. The van der Waals surface area contributed by atoms with Crippen molar-refractivity contribution in [2.24, 2.45) is 5.92 Å². The molecule has 2 fully saturated rings. The van der Waals surface area contributed by atoms with Crippen molar-refractivity contribution in [3.05, 3.63) is 41.2 Å². The van der Waals surface area contributed by atoms with Crippen molar-refractivity contribution in [1.82, 2.24) is 25.3 Å². The van der Waals surface area contributed by atoms with Crippen LogP contribution in [0, 0.1) is 31.4 Å². The Morgan fingerprint density at radius 3 is 2.52 bits per heavy atom. The molecule has 1 aromatic carbocycles. The van der Waals surface area contributed by atoms with E-state index in [4.69, 9.17) is 9.72 Å². The van der Waals surface area contributed by atoms with Crippen LogP contribution in [0.3, 0.4) is 0 Å². The quantitative estimate of drug-likeness (QED) is 0.690. The van der Waals surface area contributed by atoms with E-state index in [-0.39, 0.29) is 17.8 Å². The van der Waals surface area contributed by atoms with Gasteiger partial charge in [-0.05, 0) is 32.9 Å². The lowest BCUT2D eigenvalue weighted by Gasteiger charge is -2.43. The SMILES string of the molecule is Cc1nc2nc(N3C[C@@H](C4CNC4)O[C@@H](C)C3)nc(-c3ccc(F)cc3F)c2nc1C. The molecule has 0 radical (unpaired) electrons. The highest BCUT2D eigenvalue weighted by Gasteiger charge is 2.35. The van der Waals surface area contributed by atoms with Crippen LogP contribution in [0.2, 0.25) is 0 Å². The van der Waals surface area contributed by atoms with Gasteiger partial charge in [-0.1, -0.05) is 0 Å². The normalized spacial score (nSPS) is 22.0. The Morgan fingerprint density at radius 1 is 1.03 bits per heavy atom. The standard InChI is InChI=1S/C22H24F2N6O/c1-11-9-30(10-18(31-11)14-7-25-8-14)22-28-19(16-5-4-15(23)6-17(16)24)20-21(29-22)27-13(3)12(2)26-20/h4-6,11,14,18,25H,7-10H2,1-3H3/t11-,18-/m0/s1. The largest absolute Gasteiger partial charge is 0.371 e. The number of benzene rings is 1. The number of halogens is 2. The minimum Gasteiger partial charge on any atom is -0.371 e. The summed E-state index contributed by atoms with van der Waals surface area (Å²) in [7, 11) is 0. The van der Waals surface area contributed by atoms with Gasteiger partial charge >= 0.3 is 0 Å². The molecule has 2 atom stereocenters. The zero-order chi connectivity index (χ0) is 21.7. The lowest BCUT2D eigenvalue weighted by atomic mass is 9.94. The van der Waals surface area contributed by atoms with E-state index in [0.717, 1.165) is 24.8 Å². The molecule has 0 unspecified atom stereocenters. The van der Waals surface area contributed by atoms with Crippen LogP contribution >= 0.6 is 0 Å². The van der Waals surface area contributed by atoms with Gasteiger partial charge in [-0.15, -0.1) is 0 Å². The van der Waals surface area contributed by atoms with Gasteiger partial charge in [-0.2, -0.15) is 4.98 Å². The highest BCUT2D eigenvalue weighted by molar-refractivity contribution is 5.88. The molecule has 4 heterocycles. The van der Waals surface area contributed by atoms with Crippen LogP contribution in [0.25, 0.3) is 22.4 Å². The first-order valence-electron chi connectivity index (χ1n) is 10.5. The van der Waals surface area contributed by atoms with E-state index in [1.54, 1.807) is 0 Å². The van der Waals surface area contributed by atoms with Crippen LogP contribution in [-0.4, -0.2) is 58.3 Å². The van der Waals surface area contributed by atoms with Gasteiger partial charge in [0.2, 0.25) is 5.95 Å². The number of hydrogen-bond donors (Lipinski definition) is 1. The maximum atomic E-state index is 14.7. The fourth-order valence-corrected chi connectivity index (χ4v) is 4.10. The summed E-state index contributed by atoms with van der Waals surface area (Å²) in [6.07, 6.45) is 0.0802. The average Bonchev–Trinajstić information content (AvgIpc) is 2.67. The smallest absolute Gasteiger partial charge is 0.228 e. The van der Waals surface area contributed by atoms with Crippen LogP contribution in [0.15, 0.2) is 18.2 Å². The van der Waals surface area contributed by atoms with Gasteiger partial charge in [0.1, 0.15) is 22.8 Å². The predicted octanol–water partition coefficient (Wildman–Crippen LogP) is 2.79. The second-order valence-corrected chi connectivity index (χ2v) is 8.37. The van der Waals surface area contributed by atoms with Crippen LogP contribution in [0.4, 0.5) is 14.7 Å². The van der Waals surface area contributed by atoms with Crippen molar-refractivity contribution < 1.29 is 13.5 Å². The third kappa shape index (κ3) is 3.72. The molecule has 0 amide bonds. The van der Waals surface area contributed by atoms with Crippen molar-refractivity contribution in [1.29, 1.82) is 0 Å². The molecule has 5 rings (SSSR count). The van der Waals surface area contributed by atoms with Crippen molar-refractivity contribution in [2.45, 2.75) is 33.0 Å². The van der Waals surface area contributed by atoms with E-state index >= 15 is 0 Å². The lowest BCUT2D eigenvalue weighted by molar-refractivity contribution is -0.0580. The Hall–Kier alpha value is -2.78. The van der Waals surface area contributed by atoms with E-state index < -0.39 is 11.6 Å². The molecule has 2 aliphatic heterocycles. The summed E-state index contributed by atoms with van der Waals surface area (Å²) >= 11 is 0. The molecule has 31 heavy (non-hydrogen) atoms. The second-order valence-electron chi connectivity index (χ2n) is 8.37. The zero-order valence-electron chi connectivity index (χ0n) is 17.7. The summed E-state index contributed by atoms with van der Waals surface area (Å²) in [5, 5.41) is 3.28. The molecule has 1 N–H and O–H groups in total. The van der Waals surface area contributed by atoms with E-state index in [2.05, 4.69) is 25.2 Å². The summed E-state index contributed by atoms with van der Waals surface area (Å²) in [5.41, 5.74) is 2.75. The topological polar surface area (TPSA) is 76.1 Å². The minimum absolute atomic E-state index is 0.00972. The molecule has 0 aliphatic carbocycles. The maximum absolute atomic E-state index is 14.7. The number of nitrogens with one attached hydrogen (secondary N) is 1. The van der Waals surface area contributed by atoms with Crippen LogP contribution in [-0.2, 0) is 4.74 Å². The monoisotopic (exact) mass is 426 g/mol. The number of fused-ring (bicyclic) bond motifs is 1. The number of aryl methyl sites for hydroxylation is 2. The minimum atomic E-state index is -0.695. The van der Waals surface area contributed by atoms with Gasteiger partial charge < -0.3 is 15.0 Å². The first-order valence-corrected chi connectivity index (χ1v) is 10.5. The third-order valence-electron chi connectivity index (χ3n) is 6.02. The number of nitrogens with zero attached hydrogens (tertiary/aromatic N) is 5. The zero-order valence-corrected chi connectivity index (χ0v) is 17.7. The van der Waals surface area contributed by atoms with Crippen molar-refractivity contribution >= 4 is 17.1 Å². The Kier molecular flexibility index (Phi) is 5.02. The summed E-state index contributed by atoms with van der Waals surface area (Å²) in [6.45, 7) is 8.84. The summed E-state index contributed by atoms with van der Waals surface area (Å²) in [5.74, 6) is -0.433. The van der Waals surface area contributed by atoms with E-state index in [9.17, 15) is 8.78 Å². The Balaban J connectivity index is 1.64. The second kappa shape index (κ2) is 7.72. The predicted molar refractivity (Wildman–Crippen MR) is 113 cm³/mol. The molecule has 2 saturated heterocycles. The molecular weight excluding hydrogens is 402 g/mol. The first kappa shape index (κ1) is 20.1. The Bertz CT molecular complexity index is 1150. The molecule has 7 nitrogen and oxygen atoms in total. The van der Waals surface area contributed by atoms with E-state index in [0.29, 0.717) is 47.5 Å². The number of rotatable bonds is 3. The van der Waals surface area contributed by atoms with Crippen molar-refractivity contribution in [2.75, 3.05) is 31.1 Å². The van der Waals surface area contributed by atoms with Crippen LogP contribution in [0.5, 0.6) is 0 Å². The van der Waals surface area contributed by atoms with Gasteiger partial charge in [-0.25, -0.2) is 23.7 Å². The highest BCUT2D eigenvalue weighted by atomic mass is 19.1. The van der Waals surface area contributed by atoms with Gasteiger partial charge in [0.25, 0.3) is 0 Å². The first-order chi connectivity index (χ1) is 14.9. The summed E-state index contributed by atoms with van der Waals surface area (Å²) in [6, 6.07) is 3.46. The number of hydrogen-bond acceptors (Lipinski definition) is 7. The van der Waals surface area contributed by atoms with Gasteiger partial charge in [0, 0.05) is 43.7 Å². The molecule has 3 aromatic rings. The lowest BCUT2D eigenvalue weighted by Crippen LogP contribution is -2.57. The van der Waals surface area contributed by atoms with Gasteiger partial charge in [-0.3, -0.25) is 0 Å². The molecule has 9 heteroatoms. The molecule has 0 spiro atoms. The van der Waals surface area contributed by atoms with Gasteiger partial charge in [0.05, 0.1) is 23.6 Å². The summed E-state index contributed by atoms with van der Waals surface area (Å²) in [4.78, 5) is 20.6.